The third-order valence-corrected chi connectivity index (χ3v) is 4.91. The molecular formula is C25H23N3O2. The molecule has 0 unspecified atom stereocenters. The van der Waals surface area contributed by atoms with Crippen LogP contribution < -0.4 is 5.32 Å². The zero-order chi connectivity index (χ0) is 21.6. The van der Waals surface area contributed by atoms with Crippen molar-refractivity contribution in [1.29, 1.82) is 5.26 Å². The van der Waals surface area contributed by atoms with E-state index in [1.165, 1.54) is 4.90 Å². The first-order valence-electron chi connectivity index (χ1n) is 9.50. The summed E-state index contributed by atoms with van der Waals surface area (Å²) in [6.07, 6.45) is 0. The number of hydrogen-bond acceptors (Lipinski definition) is 4. The van der Waals surface area contributed by atoms with E-state index in [4.69, 9.17) is 0 Å². The van der Waals surface area contributed by atoms with Gasteiger partial charge in [0.15, 0.2) is 5.57 Å². The molecule has 0 aliphatic rings. The summed E-state index contributed by atoms with van der Waals surface area (Å²) in [7, 11) is 3.14. The van der Waals surface area contributed by atoms with Crippen molar-refractivity contribution < 1.29 is 9.90 Å². The fourth-order valence-electron chi connectivity index (χ4n) is 3.44. The van der Waals surface area contributed by atoms with Crippen LogP contribution in [0.15, 0.2) is 102 Å². The average Bonchev–Trinajstić information content (AvgIpc) is 2.79. The summed E-state index contributed by atoms with van der Waals surface area (Å²) >= 11 is 0. The van der Waals surface area contributed by atoms with Crippen molar-refractivity contribution in [3.63, 3.8) is 0 Å². The number of nitrogens with zero attached hydrogens (tertiary/aromatic N) is 2. The van der Waals surface area contributed by atoms with E-state index >= 15 is 0 Å². The highest BCUT2D eigenvalue weighted by molar-refractivity contribution is 5.98. The number of nitriles is 1. The van der Waals surface area contributed by atoms with Crippen LogP contribution in [0.5, 0.6) is 0 Å². The first-order valence-corrected chi connectivity index (χ1v) is 9.50. The van der Waals surface area contributed by atoms with Crippen molar-refractivity contribution in [2.24, 2.45) is 0 Å². The molecule has 0 saturated carbocycles. The predicted molar refractivity (Wildman–Crippen MR) is 116 cm³/mol. The SMILES string of the molecule is CN(C)/C(O)=C(\C#N)C(=O)NC(c1ccccc1)(c1ccccc1)c1ccccc1. The molecule has 0 aliphatic heterocycles. The van der Waals surface area contributed by atoms with Gasteiger partial charge in [-0.2, -0.15) is 5.26 Å². The second-order valence-electron chi connectivity index (χ2n) is 7.01. The Morgan fingerprint density at radius 1 is 0.833 bits per heavy atom. The standard InChI is InChI=1S/C25H23N3O2/c1-28(2)24(30)22(18-26)23(29)27-25(19-12-6-3-7-13-19,20-14-8-4-9-15-20)21-16-10-5-11-17-21/h3-17,30H,1-2H3,(H,27,29)/b24-22-. The lowest BCUT2D eigenvalue weighted by Gasteiger charge is -2.37. The van der Waals surface area contributed by atoms with Crippen LogP contribution in [0.4, 0.5) is 0 Å². The molecule has 0 radical (unpaired) electrons. The predicted octanol–water partition coefficient (Wildman–Crippen LogP) is 3.95. The third-order valence-electron chi connectivity index (χ3n) is 4.91. The maximum Gasteiger partial charge on any atom is 0.268 e. The molecule has 0 aromatic heterocycles. The Morgan fingerprint density at radius 3 is 1.50 bits per heavy atom. The number of benzene rings is 3. The lowest BCUT2D eigenvalue weighted by molar-refractivity contribution is -0.118. The molecule has 0 heterocycles. The van der Waals surface area contributed by atoms with E-state index in [0.717, 1.165) is 16.7 Å². The first kappa shape index (κ1) is 20.7. The second kappa shape index (κ2) is 8.97. The molecule has 3 rings (SSSR count). The van der Waals surface area contributed by atoms with Crippen molar-refractivity contribution in [3.8, 4) is 6.07 Å². The average molecular weight is 397 g/mol. The molecule has 3 aromatic rings. The van der Waals surface area contributed by atoms with Gasteiger partial charge in [-0.25, -0.2) is 0 Å². The maximum atomic E-state index is 13.3. The Morgan fingerprint density at radius 2 is 1.20 bits per heavy atom. The summed E-state index contributed by atoms with van der Waals surface area (Å²) in [6, 6.07) is 30.6. The van der Waals surface area contributed by atoms with Crippen molar-refractivity contribution in [3.05, 3.63) is 119 Å². The van der Waals surface area contributed by atoms with Crippen LogP contribution in [0, 0.1) is 11.3 Å². The quantitative estimate of drug-likeness (QED) is 0.286. The molecular weight excluding hydrogens is 374 g/mol. The van der Waals surface area contributed by atoms with E-state index in [9.17, 15) is 15.2 Å². The summed E-state index contributed by atoms with van der Waals surface area (Å²) in [5.41, 5.74) is 1.08. The number of nitrogens with one attached hydrogen (secondary N) is 1. The molecule has 0 bridgehead atoms. The maximum absolute atomic E-state index is 13.3. The Hall–Kier alpha value is -4.04. The number of carbonyl (C=O) groups is 1. The number of aliphatic hydroxyl groups is 1. The van der Waals surface area contributed by atoms with Gasteiger partial charge in [0.2, 0.25) is 5.88 Å². The van der Waals surface area contributed by atoms with Crippen LogP contribution in [0.25, 0.3) is 0 Å². The smallest absolute Gasteiger partial charge is 0.268 e. The van der Waals surface area contributed by atoms with E-state index < -0.39 is 17.3 Å². The van der Waals surface area contributed by atoms with Gasteiger partial charge >= 0.3 is 0 Å². The lowest BCUT2D eigenvalue weighted by atomic mass is 9.77. The zero-order valence-electron chi connectivity index (χ0n) is 16.9. The molecule has 0 aliphatic carbocycles. The highest BCUT2D eigenvalue weighted by atomic mass is 16.3. The minimum atomic E-state index is -1.06. The second-order valence-corrected chi connectivity index (χ2v) is 7.01. The summed E-state index contributed by atoms with van der Waals surface area (Å²) < 4.78 is 0. The van der Waals surface area contributed by atoms with Gasteiger partial charge in [0.25, 0.3) is 5.91 Å². The molecule has 0 fully saturated rings. The van der Waals surface area contributed by atoms with Crippen molar-refractivity contribution in [1.82, 2.24) is 10.2 Å². The third kappa shape index (κ3) is 3.89. The van der Waals surface area contributed by atoms with Gasteiger partial charge in [0.05, 0.1) is 0 Å². The highest BCUT2D eigenvalue weighted by Gasteiger charge is 2.39. The Kier molecular flexibility index (Phi) is 6.19. The largest absolute Gasteiger partial charge is 0.494 e. The Bertz CT molecular complexity index is 973. The van der Waals surface area contributed by atoms with E-state index in [-0.39, 0.29) is 5.57 Å². The van der Waals surface area contributed by atoms with E-state index in [0.29, 0.717) is 0 Å². The molecule has 5 heteroatoms. The summed E-state index contributed by atoms with van der Waals surface area (Å²) in [6.45, 7) is 0. The topological polar surface area (TPSA) is 76.4 Å². The normalized spacial score (nSPS) is 11.8. The van der Waals surface area contributed by atoms with Crippen LogP contribution in [-0.2, 0) is 10.3 Å². The van der Waals surface area contributed by atoms with Crippen LogP contribution in [0.1, 0.15) is 16.7 Å². The Balaban J connectivity index is 2.29. The molecule has 0 saturated heterocycles. The van der Waals surface area contributed by atoms with Crippen LogP contribution in [0.3, 0.4) is 0 Å². The summed E-state index contributed by atoms with van der Waals surface area (Å²) in [5, 5.41) is 22.9. The lowest BCUT2D eigenvalue weighted by Crippen LogP contribution is -2.48. The minimum Gasteiger partial charge on any atom is -0.494 e. The van der Waals surface area contributed by atoms with Gasteiger partial charge < -0.3 is 15.3 Å². The molecule has 1 amide bonds. The molecule has 2 N–H and O–H groups in total. The van der Waals surface area contributed by atoms with E-state index in [2.05, 4.69) is 5.32 Å². The molecule has 0 atom stereocenters. The molecule has 0 spiro atoms. The van der Waals surface area contributed by atoms with E-state index in [1.54, 1.807) is 14.1 Å². The van der Waals surface area contributed by atoms with Gasteiger partial charge in [-0.3, -0.25) is 4.79 Å². The molecule has 30 heavy (non-hydrogen) atoms. The van der Waals surface area contributed by atoms with Crippen molar-refractivity contribution in [2.45, 2.75) is 5.54 Å². The van der Waals surface area contributed by atoms with Crippen LogP contribution in [-0.4, -0.2) is 30.0 Å². The fourth-order valence-corrected chi connectivity index (χ4v) is 3.44. The summed E-state index contributed by atoms with van der Waals surface area (Å²) in [5.74, 6) is -1.06. The van der Waals surface area contributed by atoms with Crippen molar-refractivity contribution >= 4 is 5.91 Å². The number of amides is 1. The highest BCUT2D eigenvalue weighted by Crippen LogP contribution is 2.37. The minimum absolute atomic E-state index is 0.354. The first-order chi connectivity index (χ1) is 14.5. The van der Waals surface area contributed by atoms with E-state index in [1.807, 2.05) is 97.1 Å². The molecule has 150 valence electrons. The van der Waals surface area contributed by atoms with Crippen molar-refractivity contribution in [2.75, 3.05) is 14.1 Å². The zero-order valence-corrected chi connectivity index (χ0v) is 16.9. The molecule has 5 nitrogen and oxygen atoms in total. The number of aliphatic hydroxyl groups excluding tert-OH is 1. The number of carbonyl (C=O) groups excluding carboxylic acids is 1. The van der Waals surface area contributed by atoms with Gasteiger partial charge in [0, 0.05) is 14.1 Å². The number of hydrogen-bond donors (Lipinski definition) is 2. The monoisotopic (exact) mass is 397 g/mol. The van der Waals surface area contributed by atoms with Crippen LogP contribution >= 0.6 is 0 Å². The Labute approximate surface area is 176 Å². The number of rotatable bonds is 6. The fraction of sp³-hybridized carbons (Fsp3) is 0.120. The summed E-state index contributed by atoms with van der Waals surface area (Å²) in [4.78, 5) is 14.6. The van der Waals surface area contributed by atoms with Gasteiger partial charge in [-0.1, -0.05) is 91.0 Å². The van der Waals surface area contributed by atoms with Gasteiger partial charge in [-0.05, 0) is 16.7 Å². The van der Waals surface area contributed by atoms with Gasteiger partial charge in [0.1, 0.15) is 11.6 Å². The van der Waals surface area contributed by atoms with Gasteiger partial charge in [-0.15, -0.1) is 0 Å². The van der Waals surface area contributed by atoms with Crippen LogP contribution in [0.2, 0.25) is 0 Å². The molecule has 3 aromatic carbocycles.